The van der Waals surface area contributed by atoms with Crippen LogP contribution in [0.4, 0.5) is 0 Å². The van der Waals surface area contributed by atoms with Crippen LogP contribution < -0.4 is 0 Å². The Kier molecular flexibility index (Phi) is 6.13. The van der Waals surface area contributed by atoms with Crippen LogP contribution in [0.3, 0.4) is 0 Å². The SMILES string of the molecule is CC[C@H]1CC2C3CCC(CCCC(=O)OC)C3(C)CC[C@@H]2C2(C)CCC(C)CC12. The number of carbonyl (C=O) groups is 1. The highest BCUT2D eigenvalue weighted by Crippen LogP contribution is 2.69. The van der Waals surface area contributed by atoms with Crippen LogP contribution in [0.5, 0.6) is 0 Å². The second kappa shape index (κ2) is 8.19. The molecule has 0 saturated heterocycles. The summed E-state index contributed by atoms with van der Waals surface area (Å²) in [5, 5.41) is 0. The summed E-state index contributed by atoms with van der Waals surface area (Å²) in [6.07, 6.45) is 16.0. The molecule has 9 atom stereocenters. The van der Waals surface area contributed by atoms with Crippen molar-refractivity contribution in [2.45, 2.75) is 105 Å². The van der Waals surface area contributed by atoms with Gasteiger partial charge >= 0.3 is 5.97 Å². The van der Waals surface area contributed by atoms with E-state index in [-0.39, 0.29) is 5.97 Å². The normalized spacial score (nSPS) is 49.1. The van der Waals surface area contributed by atoms with Gasteiger partial charge < -0.3 is 4.74 Å². The third-order valence-electron chi connectivity index (χ3n) is 11.0. The van der Waals surface area contributed by atoms with E-state index in [0.717, 1.165) is 47.8 Å². The molecule has 0 heterocycles. The predicted octanol–water partition coefficient (Wildman–Crippen LogP) is 7.26. The molecular weight excluding hydrogens is 356 g/mol. The van der Waals surface area contributed by atoms with Crippen LogP contribution in [-0.2, 0) is 9.53 Å². The third kappa shape index (κ3) is 3.59. The molecule has 4 fully saturated rings. The summed E-state index contributed by atoms with van der Waals surface area (Å²) >= 11 is 0. The fourth-order valence-corrected chi connectivity index (χ4v) is 9.33. The van der Waals surface area contributed by atoms with E-state index >= 15 is 0 Å². The van der Waals surface area contributed by atoms with Gasteiger partial charge in [-0.05, 0) is 110 Å². The molecule has 0 spiro atoms. The van der Waals surface area contributed by atoms with Crippen LogP contribution in [-0.4, -0.2) is 13.1 Å². The van der Waals surface area contributed by atoms with Crippen molar-refractivity contribution in [3.63, 3.8) is 0 Å². The first-order valence-electron chi connectivity index (χ1n) is 12.9. The summed E-state index contributed by atoms with van der Waals surface area (Å²) in [4.78, 5) is 11.6. The molecule has 0 aliphatic heterocycles. The minimum absolute atomic E-state index is 0.0306. The fourth-order valence-electron chi connectivity index (χ4n) is 9.33. The number of hydrogen-bond acceptors (Lipinski definition) is 2. The number of methoxy groups -OCH3 is 1. The van der Waals surface area contributed by atoms with E-state index in [1.165, 1.54) is 71.3 Å². The van der Waals surface area contributed by atoms with Crippen molar-refractivity contribution in [2.75, 3.05) is 7.11 Å². The van der Waals surface area contributed by atoms with E-state index in [1.807, 2.05) is 0 Å². The summed E-state index contributed by atoms with van der Waals surface area (Å²) in [5.74, 6) is 6.58. The molecule has 0 radical (unpaired) electrons. The zero-order valence-corrected chi connectivity index (χ0v) is 19.8. The van der Waals surface area contributed by atoms with Gasteiger partial charge in [0.15, 0.2) is 0 Å². The van der Waals surface area contributed by atoms with Crippen molar-refractivity contribution in [1.29, 1.82) is 0 Å². The van der Waals surface area contributed by atoms with E-state index < -0.39 is 0 Å². The Bertz CT molecular complexity index is 599. The Hall–Kier alpha value is -0.530. The van der Waals surface area contributed by atoms with E-state index in [1.54, 1.807) is 0 Å². The van der Waals surface area contributed by atoms with Gasteiger partial charge in [-0.15, -0.1) is 0 Å². The van der Waals surface area contributed by atoms with Crippen LogP contribution in [0.2, 0.25) is 0 Å². The van der Waals surface area contributed by atoms with Crippen LogP contribution in [0.25, 0.3) is 0 Å². The van der Waals surface area contributed by atoms with Gasteiger partial charge in [0.25, 0.3) is 0 Å². The van der Waals surface area contributed by atoms with Gasteiger partial charge in [-0.2, -0.15) is 0 Å². The van der Waals surface area contributed by atoms with Crippen molar-refractivity contribution in [3.8, 4) is 0 Å². The molecular formula is C27H46O2. The summed E-state index contributed by atoms with van der Waals surface area (Å²) in [7, 11) is 1.52. The second-order valence-corrected chi connectivity index (χ2v) is 12.1. The molecule has 0 amide bonds. The Morgan fingerprint density at radius 1 is 0.966 bits per heavy atom. The van der Waals surface area contributed by atoms with Gasteiger partial charge in [0.2, 0.25) is 0 Å². The fraction of sp³-hybridized carbons (Fsp3) is 0.963. The molecule has 2 nitrogen and oxygen atoms in total. The van der Waals surface area contributed by atoms with Gasteiger partial charge in [-0.3, -0.25) is 4.79 Å². The molecule has 0 aromatic heterocycles. The molecule has 0 bridgehead atoms. The Morgan fingerprint density at radius 2 is 1.69 bits per heavy atom. The number of carbonyl (C=O) groups excluding carboxylic acids is 1. The average Bonchev–Trinajstić information content (AvgIpc) is 3.04. The number of rotatable bonds is 5. The zero-order valence-electron chi connectivity index (χ0n) is 19.8. The van der Waals surface area contributed by atoms with Crippen molar-refractivity contribution >= 4 is 5.97 Å². The van der Waals surface area contributed by atoms with E-state index in [9.17, 15) is 4.79 Å². The van der Waals surface area contributed by atoms with Crippen molar-refractivity contribution < 1.29 is 9.53 Å². The third-order valence-corrected chi connectivity index (χ3v) is 11.0. The van der Waals surface area contributed by atoms with Crippen molar-refractivity contribution in [2.24, 2.45) is 52.3 Å². The van der Waals surface area contributed by atoms with Gasteiger partial charge in [0, 0.05) is 6.42 Å². The van der Waals surface area contributed by atoms with E-state index in [0.29, 0.717) is 17.3 Å². The smallest absolute Gasteiger partial charge is 0.305 e. The molecule has 2 heteroatoms. The first-order chi connectivity index (χ1) is 13.8. The molecule has 0 N–H and O–H groups in total. The molecule has 4 saturated carbocycles. The molecule has 0 aromatic carbocycles. The minimum Gasteiger partial charge on any atom is -0.469 e. The maximum Gasteiger partial charge on any atom is 0.305 e. The lowest BCUT2D eigenvalue weighted by atomic mass is 9.42. The van der Waals surface area contributed by atoms with Gasteiger partial charge in [0.1, 0.15) is 0 Å². The number of ether oxygens (including phenoxy) is 1. The van der Waals surface area contributed by atoms with Crippen LogP contribution >= 0.6 is 0 Å². The maximum atomic E-state index is 11.6. The molecule has 166 valence electrons. The molecule has 29 heavy (non-hydrogen) atoms. The second-order valence-electron chi connectivity index (χ2n) is 12.1. The molecule has 0 aromatic rings. The highest BCUT2D eigenvalue weighted by atomic mass is 16.5. The Morgan fingerprint density at radius 3 is 2.41 bits per heavy atom. The minimum atomic E-state index is -0.0306. The largest absolute Gasteiger partial charge is 0.469 e. The van der Waals surface area contributed by atoms with Gasteiger partial charge in [-0.25, -0.2) is 0 Å². The van der Waals surface area contributed by atoms with Gasteiger partial charge in [-0.1, -0.05) is 40.5 Å². The van der Waals surface area contributed by atoms with Crippen LogP contribution in [0, 0.1) is 52.3 Å². The molecule has 7 unspecified atom stereocenters. The lowest BCUT2D eigenvalue weighted by Crippen LogP contribution is -2.56. The molecule has 4 aliphatic carbocycles. The average molecular weight is 403 g/mol. The molecule has 4 aliphatic rings. The first kappa shape index (κ1) is 21.7. The van der Waals surface area contributed by atoms with Crippen molar-refractivity contribution in [1.82, 2.24) is 0 Å². The highest BCUT2D eigenvalue weighted by Gasteiger charge is 2.61. The number of esters is 1. The highest BCUT2D eigenvalue weighted by molar-refractivity contribution is 5.68. The predicted molar refractivity (Wildman–Crippen MR) is 119 cm³/mol. The van der Waals surface area contributed by atoms with E-state index in [2.05, 4.69) is 27.7 Å². The quantitative estimate of drug-likeness (QED) is 0.452. The van der Waals surface area contributed by atoms with Gasteiger partial charge in [0.05, 0.1) is 7.11 Å². The van der Waals surface area contributed by atoms with Crippen LogP contribution in [0.1, 0.15) is 105 Å². The maximum absolute atomic E-state index is 11.6. The standard InChI is InChI=1S/C27H46O2/c1-6-19-17-21-22-11-10-20(8-7-9-25(28)29-5)26(22,3)15-13-23(21)27(4)14-12-18(2)16-24(19)27/h18-24H,6-17H2,1-5H3/t18?,19-,20?,21?,22?,23-,24?,26?,27?/m0/s1. The van der Waals surface area contributed by atoms with E-state index in [4.69, 9.17) is 4.74 Å². The summed E-state index contributed by atoms with van der Waals surface area (Å²) in [6, 6.07) is 0. The Balaban J connectivity index is 1.51. The summed E-state index contributed by atoms with van der Waals surface area (Å²) in [5.41, 5.74) is 1.14. The first-order valence-corrected chi connectivity index (χ1v) is 12.9. The number of fused-ring (bicyclic) bond motifs is 5. The molecule has 4 rings (SSSR count). The zero-order chi connectivity index (χ0) is 20.8. The lowest BCUT2D eigenvalue weighted by Gasteiger charge is -2.63. The summed E-state index contributed by atoms with van der Waals surface area (Å²) in [6.45, 7) is 10.3. The topological polar surface area (TPSA) is 26.3 Å². The number of hydrogen-bond donors (Lipinski definition) is 0. The summed E-state index contributed by atoms with van der Waals surface area (Å²) < 4.78 is 4.87. The van der Waals surface area contributed by atoms with Crippen molar-refractivity contribution in [3.05, 3.63) is 0 Å². The monoisotopic (exact) mass is 402 g/mol. The lowest BCUT2D eigenvalue weighted by molar-refractivity contribution is -0.143. The van der Waals surface area contributed by atoms with Crippen LogP contribution in [0.15, 0.2) is 0 Å². The Labute approximate surface area is 179 Å².